The van der Waals surface area contributed by atoms with E-state index in [0.717, 1.165) is 37.3 Å². The number of carbonyl (C=O) groups excluding carboxylic acids is 1. The molecule has 3 atom stereocenters. The van der Waals surface area contributed by atoms with Crippen LogP contribution in [0.4, 0.5) is 10.2 Å². The van der Waals surface area contributed by atoms with Crippen LogP contribution in [0.2, 0.25) is 0 Å². The third-order valence-electron chi connectivity index (χ3n) is 5.35. The number of benzene rings is 1. The molecule has 25 heavy (non-hydrogen) atoms. The minimum absolute atomic E-state index is 0.0817. The number of hydrogen-bond acceptors (Lipinski definition) is 4. The van der Waals surface area contributed by atoms with E-state index in [1.165, 1.54) is 12.1 Å². The van der Waals surface area contributed by atoms with Gasteiger partial charge in [-0.05, 0) is 36.5 Å². The summed E-state index contributed by atoms with van der Waals surface area (Å²) in [7, 11) is 0. The molecule has 1 aliphatic carbocycles. The summed E-state index contributed by atoms with van der Waals surface area (Å²) in [5, 5.41) is 3.47. The first-order valence-corrected chi connectivity index (χ1v) is 8.74. The third-order valence-corrected chi connectivity index (χ3v) is 5.35. The Labute approximate surface area is 146 Å². The number of halogens is 1. The average Bonchev–Trinajstić information content (AvgIpc) is 3.18. The summed E-state index contributed by atoms with van der Waals surface area (Å²) in [4.78, 5) is 22.9. The molecule has 4 rings (SSSR count). The van der Waals surface area contributed by atoms with Crippen molar-refractivity contribution in [2.75, 3.05) is 18.4 Å². The standard InChI is InChI=1S/C19H21FN4O/c20-15-3-1-2-13(8-15)9-19(25)24-11-14-4-5-17(16(14)12-24)23-18-10-21-6-7-22-18/h1-3,6-8,10,14,16-17H,4-5,9,11-12H2,(H,22,23)/t14-,16+,17-/m1/s1. The van der Waals surface area contributed by atoms with E-state index in [9.17, 15) is 9.18 Å². The largest absolute Gasteiger partial charge is 0.366 e. The molecule has 0 radical (unpaired) electrons. The highest BCUT2D eigenvalue weighted by molar-refractivity contribution is 5.79. The fourth-order valence-corrected chi connectivity index (χ4v) is 4.15. The van der Waals surface area contributed by atoms with Crippen molar-refractivity contribution in [2.45, 2.75) is 25.3 Å². The van der Waals surface area contributed by atoms with E-state index in [1.807, 2.05) is 4.90 Å². The van der Waals surface area contributed by atoms with Gasteiger partial charge in [0.25, 0.3) is 0 Å². The Kier molecular flexibility index (Phi) is 4.34. The zero-order valence-corrected chi connectivity index (χ0v) is 13.9. The predicted octanol–water partition coefficient (Wildman–Crippen LogP) is 2.51. The van der Waals surface area contributed by atoms with Crippen molar-refractivity contribution in [1.82, 2.24) is 14.9 Å². The molecule has 0 spiro atoms. The number of nitrogens with zero attached hydrogens (tertiary/aromatic N) is 3. The van der Waals surface area contributed by atoms with Crippen LogP contribution in [0.3, 0.4) is 0 Å². The first kappa shape index (κ1) is 16.0. The van der Waals surface area contributed by atoms with Gasteiger partial charge in [-0.3, -0.25) is 9.78 Å². The maximum absolute atomic E-state index is 13.3. The Bertz CT molecular complexity index is 754. The van der Waals surface area contributed by atoms with Crippen molar-refractivity contribution >= 4 is 11.7 Å². The number of fused-ring (bicyclic) bond motifs is 1. The summed E-state index contributed by atoms with van der Waals surface area (Å²) in [6, 6.07) is 6.62. The number of aromatic nitrogens is 2. The smallest absolute Gasteiger partial charge is 0.227 e. The van der Waals surface area contributed by atoms with E-state index in [2.05, 4.69) is 15.3 Å². The Hall–Kier alpha value is -2.50. The number of rotatable bonds is 4. The van der Waals surface area contributed by atoms with Crippen LogP contribution in [0, 0.1) is 17.7 Å². The fourth-order valence-electron chi connectivity index (χ4n) is 4.15. The number of nitrogens with one attached hydrogen (secondary N) is 1. The molecule has 1 N–H and O–H groups in total. The summed E-state index contributed by atoms with van der Waals surface area (Å²) in [6.07, 6.45) is 7.54. The summed E-state index contributed by atoms with van der Waals surface area (Å²) in [5.74, 6) is 1.55. The van der Waals surface area contributed by atoms with E-state index in [0.29, 0.717) is 17.9 Å². The van der Waals surface area contributed by atoms with Crippen molar-refractivity contribution in [3.05, 3.63) is 54.2 Å². The topological polar surface area (TPSA) is 58.1 Å². The second-order valence-corrected chi connectivity index (χ2v) is 6.95. The van der Waals surface area contributed by atoms with Crippen LogP contribution in [0.15, 0.2) is 42.9 Å². The number of carbonyl (C=O) groups is 1. The van der Waals surface area contributed by atoms with Gasteiger partial charge in [0, 0.05) is 37.4 Å². The molecular weight excluding hydrogens is 319 g/mol. The van der Waals surface area contributed by atoms with Crippen LogP contribution in [-0.2, 0) is 11.2 Å². The Balaban J connectivity index is 1.38. The normalized spacial score (nSPS) is 25.0. The highest BCUT2D eigenvalue weighted by Crippen LogP contribution is 2.39. The molecule has 5 nitrogen and oxygen atoms in total. The Morgan fingerprint density at radius 2 is 2.20 bits per heavy atom. The molecule has 0 bridgehead atoms. The van der Waals surface area contributed by atoms with Crippen molar-refractivity contribution in [3.8, 4) is 0 Å². The van der Waals surface area contributed by atoms with E-state index < -0.39 is 0 Å². The molecule has 6 heteroatoms. The van der Waals surface area contributed by atoms with Crippen molar-refractivity contribution in [1.29, 1.82) is 0 Å². The molecule has 1 aliphatic heterocycles. The quantitative estimate of drug-likeness (QED) is 0.929. The number of likely N-dealkylation sites (tertiary alicyclic amines) is 1. The van der Waals surface area contributed by atoms with Crippen LogP contribution in [0.1, 0.15) is 18.4 Å². The maximum atomic E-state index is 13.3. The Morgan fingerprint density at radius 3 is 3.00 bits per heavy atom. The van der Waals surface area contributed by atoms with Crippen molar-refractivity contribution in [2.24, 2.45) is 11.8 Å². The minimum atomic E-state index is -0.295. The molecule has 1 saturated carbocycles. The first-order valence-electron chi connectivity index (χ1n) is 8.74. The number of amides is 1. The second-order valence-electron chi connectivity index (χ2n) is 6.95. The van der Waals surface area contributed by atoms with Crippen LogP contribution < -0.4 is 5.32 Å². The van der Waals surface area contributed by atoms with E-state index in [1.54, 1.807) is 30.7 Å². The van der Waals surface area contributed by atoms with Crippen LogP contribution in [0.5, 0.6) is 0 Å². The van der Waals surface area contributed by atoms with Gasteiger partial charge in [-0.2, -0.15) is 0 Å². The van der Waals surface area contributed by atoms with E-state index >= 15 is 0 Å². The molecule has 1 amide bonds. The van der Waals surface area contributed by atoms with Gasteiger partial charge in [0.2, 0.25) is 5.91 Å². The van der Waals surface area contributed by atoms with Crippen LogP contribution in [-0.4, -0.2) is 39.9 Å². The molecule has 2 aromatic rings. The lowest BCUT2D eigenvalue weighted by atomic mass is 9.98. The molecule has 2 aliphatic rings. The van der Waals surface area contributed by atoms with Gasteiger partial charge in [0.05, 0.1) is 12.6 Å². The van der Waals surface area contributed by atoms with Gasteiger partial charge in [-0.25, -0.2) is 9.37 Å². The van der Waals surface area contributed by atoms with Crippen LogP contribution >= 0.6 is 0 Å². The first-order chi connectivity index (χ1) is 12.2. The molecule has 1 aromatic carbocycles. The summed E-state index contributed by atoms with van der Waals surface area (Å²) in [6.45, 7) is 1.56. The summed E-state index contributed by atoms with van der Waals surface area (Å²) in [5.41, 5.74) is 0.733. The van der Waals surface area contributed by atoms with Crippen LogP contribution in [0.25, 0.3) is 0 Å². The lowest BCUT2D eigenvalue weighted by Gasteiger charge is -2.22. The summed E-state index contributed by atoms with van der Waals surface area (Å²) < 4.78 is 13.3. The van der Waals surface area contributed by atoms with Gasteiger partial charge in [-0.1, -0.05) is 12.1 Å². The van der Waals surface area contributed by atoms with Gasteiger partial charge < -0.3 is 10.2 Å². The lowest BCUT2D eigenvalue weighted by molar-refractivity contribution is -0.129. The Morgan fingerprint density at radius 1 is 1.28 bits per heavy atom. The second kappa shape index (κ2) is 6.78. The maximum Gasteiger partial charge on any atom is 0.227 e. The molecule has 130 valence electrons. The zero-order chi connectivity index (χ0) is 17.2. The van der Waals surface area contributed by atoms with E-state index in [-0.39, 0.29) is 18.1 Å². The third kappa shape index (κ3) is 3.48. The molecule has 1 saturated heterocycles. The summed E-state index contributed by atoms with van der Waals surface area (Å²) >= 11 is 0. The van der Waals surface area contributed by atoms with Gasteiger partial charge in [-0.15, -0.1) is 0 Å². The number of anilines is 1. The number of hydrogen-bond donors (Lipinski definition) is 1. The molecule has 1 aromatic heterocycles. The lowest BCUT2D eigenvalue weighted by Crippen LogP contribution is -2.34. The highest BCUT2D eigenvalue weighted by Gasteiger charge is 2.43. The SMILES string of the molecule is O=C(Cc1cccc(F)c1)N1C[C@H]2CC[C@@H](Nc3cnccn3)[C@H]2C1. The van der Waals surface area contributed by atoms with Crippen molar-refractivity contribution < 1.29 is 9.18 Å². The molecule has 2 heterocycles. The van der Waals surface area contributed by atoms with Gasteiger partial charge >= 0.3 is 0 Å². The minimum Gasteiger partial charge on any atom is -0.366 e. The predicted molar refractivity (Wildman–Crippen MR) is 92.3 cm³/mol. The van der Waals surface area contributed by atoms with Crippen molar-refractivity contribution in [3.63, 3.8) is 0 Å². The average molecular weight is 340 g/mol. The fraction of sp³-hybridized carbons (Fsp3) is 0.421. The molecule has 0 unspecified atom stereocenters. The zero-order valence-electron chi connectivity index (χ0n) is 13.9. The highest BCUT2D eigenvalue weighted by atomic mass is 19.1. The molecular formula is C19H21FN4O. The van der Waals surface area contributed by atoms with Gasteiger partial charge in [0.1, 0.15) is 11.6 Å². The van der Waals surface area contributed by atoms with Gasteiger partial charge in [0.15, 0.2) is 0 Å². The monoisotopic (exact) mass is 340 g/mol. The molecule has 2 fully saturated rings. The van der Waals surface area contributed by atoms with E-state index in [4.69, 9.17) is 0 Å².